The minimum Gasteiger partial charge on any atom is -0.311 e. The van der Waals surface area contributed by atoms with E-state index in [9.17, 15) is 9.59 Å². The van der Waals surface area contributed by atoms with Gasteiger partial charge in [0.2, 0.25) is 5.91 Å². The maximum absolute atomic E-state index is 13.1. The molecule has 1 heterocycles. The molecule has 3 aromatic rings. The zero-order valence-corrected chi connectivity index (χ0v) is 17.3. The second-order valence-corrected chi connectivity index (χ2v) is 7.27. The molecule has 5 nitrogen and oxygen atoms in total. The van der Waals surface area contributed by atoms with E-state index >= 15 is 0 Å². The Balaban J connectivity index is 1.91. The van der Waals surface area contributed by atoms with Crippen molar-refractivity contribution in [3.05, 3.63) is 82.1 Å². The highest BCUT2D eigenvalue weighted by molar-refractivity contribution is 5.93. The highest BCUT2D eigenvalue weighted by Gasteiger charge is 2.17. The van der Waals surface area contributed by atoms with Crippen LogP contribution in [0.4, 0.5) is 5.69 Å². The van der Waals surface area contributed by atoms with E-state index in [-0.39, 0.29) is 18.0 Å². The molecule has 0 bridgehead atoms. The van der Waals surface area contributed by atoms with Crippen LogP contribution in [-0.2, 0) is 11.3 Å². The predicted molar refractivity (Wildman–Crippen MR) is 117 cm³/mol. The molecule has 150 valence electrons. The lowest BCUT2D eigenvalue weighted by Crippen LogP contribution is -2.38. The third-order valence-electron chi connectivity index (χ3n) is 4.92. The fourth-order valence-electron chi connectivity index (χ4n) is 3.25. The molecule has 0 fully saturated rings. The lowest BCUT2D eigenvalue weighted by atomic mass is 10.0. The number of benzene rings is 2. The highest BCUT2D eigenvalue weighted by Crippen LogP contribution is 2.22. The lowest BCUT2D eigenvalue weighted by molar-refractivity contribution is -0.119. The second kappa shape index (κ2) is 9.32. The molecule has 0 N–H and O–H groups in total. The van der Waals surface area contributed by atoms with Crippen molar-refractivity contribution in [2.45, 2.75) is 40.2 Å². The van der Waals surface area contributed by atoms with E-state index in [0.717, 1.165) is 35.2 Å². The molecule has 1 amide bonds. The molecule has 0 atom stereocenters. The molecule has 0 saturated carbocycles. The van der Waals surface area contributed by atoms with Gasteiger partial charge in [0.1, 0.15) is 6.54 Å². The van der Waals surface area contributed by atoms with Gasteiger partial charge in [-0.2, -0.15) is 5.10 Å². The smallest absolute Gasteiger partial charge is 0.267 e. The van der Waals surface area contributed by atoms with Gasteiger partial charge in [0.15, 0.2) is 0 Å². The number of unbranched alkanes of at least 4 members (excludes halogenated alkanes) is 1. The summed E-state index contributed by atoms with van der Waals surface area (Å²) in [5.41, 5.74) is 4.42. The van der Waals surface area contributed by atoms with Crippen LogP contribution in [0.1, 0.15) is 30.9 Å². The number of amides is 1. The van der Waals surface area contributed by atoms with Gasteiger partial charge in [-0.3, -0.25) is 9.59 Å². The Bertz CT molecular complexity index is 1040. The number of anilines is 1. The van der Waals surface area contributed by atoms with Crippen molar-refractivity contribution in [1.29, 1.82) is 0 Å². The number of aryl methyl sites for hydroxylation is 2. The molecule has 1 aromatic heterocycles. The van der Waals surface area contributed by atoms with Crippen molar-refractivity contribution in [2.24, 2.45) is 0 Å². The summed E-state index contributed by atoms with van der Waals surface area (Å²) in [6, 6.07) is 18.9. The van der Waals surface area contributed by atoms with Gasteiger partial charge < -0.3 is 4.90 Å². The van der Waals surface area contributed by atoms with Crippen molar-refractivity contribution < 1.29 is 4.79 Å². The molecular formula is C24H27N3O2. The Morgan fingerprint density at radius 1 is 1.03 bits per heavy atom. The van der Waals surface area contributed by atoms with E-state index < -0.39 is 0 Å². The molecule has 0 saturated heterocycles. The first-order chi connectivity index (χ1) is 14.0. The van der Waals surface area contributed by atoms with E-state index in [0.29, 0.717) is 12.2 Å². The van der Waals surface area contributed by atoms with Crippen LogP contribution in [-0.4, -0.2) is 22.2 Å². The van der Waals surface area contributed by atoms with Crippen LogP contribution >= 0.6 is 0 Å². The predicted octanol–water partition coefficient (Wildman–Crippen LogP) is 4.36. The van der Waals surface area contributed by atoms with Gasteiger partial charge in [-0.15, -0.1) is 0 Å². The number of hydrogen-bond donors (Lipinski definition) is 0. The number of aromatic nitrogens is 2. The van der Waals surface area contributed by atoms with E-state index in [1.54, 1.807) is 11.0 Å². The number of para-hydroxylation sites is 1. The van der Waals surface area contributed by atoms with Crippen molar-refractivity contribution in [1.82, 2.24) is 9.78 Å². The molecule has 5 heteroatoms. The average molecular weight is 389 g/mol. The summed E-state index contributed by atoms with van der Waals surface area (Å²) in [4.78, 5) is 27.2. The van der Waals surface area contributed by atoms with Crippen LogP contribution in [0, 0.1) is 13.8 Å². The maximum Gasteiger partial charge on any atom is 0.267 e. The Hall–Kier alpha value is -3.21. The first-order valence-electron chi connectivity index (χ1n) is 10.0. The van der Waals surface area contributed by atoms with E-state index in [1.807, 2.05) is 62.4 Å². The molecule has 3 rings (SSSR count). The summed E-state index contributed by atoms with van der Waals surface area (Å²) in [6.07, 6.45) is 1.88. The third-order valence-corrected chi connectivity index (χ3v) is 4.92. The first-order valence-corrected chi connectivity index (χ1v) is 10.0. The Morgan fingerprint density at radius 3 is 2.52 bits per heavy atom. The largest absolute Gasteiger partial charge is 0.311 e. The van der Waals surface area contributed by atoms with Gasteiger partial charge in [-0.1, -0.05) is 49.2 Å². The fourth-order valence-corrected chi connectivity index (χ4v) is 3.25. The fraction of sp³-hybridized carbons (Fsp3) is 0.292. The Kier molecular flexibility index (Phi) is 6.60. The molecule has 0 aliphatic carbocycles. The van der Waals surface area contributed by atoms with Crippen LogP contribution in [0.15, 0.2) is 65.5 Å². The molecular weight excluding hydrogens is 362 g/mol. The molecule has 0 spiro atoms. The number of hydrogen-bond acceptors (Lipinski definition) is 3. The normalized spacial score (nSPS) is 10.7. The summed E-state index contributed by atoms with van der Waals surface area (Å²) in [5.74, 6) is -0.141. The quantitative estimate of drug-likeness (QED) is 0.603. The first kappa shape index (κ1) is 20.5. The average Bonchev–Trinajstić information content (AvgIpc) is 2.72. The van der Waals surface area contributed by atoms with Gasteiger partial charge in [0.05, 0.1) is 5.69 Å². The van der Waals surface area contributed by atoms with Crippen LogP contribution < -0.4 is 10.5 Å². The standard InChI is InChI=1S/C24H27N3O2/c1-4-5-15-26(20-9-7-6-8-10-20)24(29)17-27-23(28)14-13-22(25-27)21-16-18(2)11-12-19(21)3/h6-14,16H,4-5,15,17H2,1-3H3. The van der Waals surface area contributed by atoms with Crippen LogP contribution in [0.25, 0.3) is 11.3 Å². The Labute approximate surface area is 171 Å². The molecule has 0 radical (unpaired) electrons. The van der Waals surface area contributed by atoms with Crippen molar-refractivity contribution in [2.75, 3.05) is 11.4 Å². The molecule has 29 heavy (non-hydrogen) atoms. The number of carbonyl (C=O) groups is 1. The molecule has 0 unspecified atom stereocenters. The zero-order chi connectivity index (χ0) is 20.8. The summed E-state index contributed by atoms with van der Waals surface area (Å²) in [5, 5.41) is 4.50. The van der Waals surface area contributed by atoms with E-state index in [4.69, 9.17) is 0 Å². The van der Waals surface area contributed by atoms with Crippen LogP contribution in [0.2, 0.25) is 0 Å². The second-order valence-electron chi connectivity index (χ2n) is 7.27. The van der Waals surface area contributed by atoms with Crippen LogP contribution in [0.3, 0.4) is 0 Å². The summed E-state index contributed by atoms with van der Waals surface area (Å²) in [7, 11) is 0. The van der Waals surface area contributed by atoms with E-state index in [1.165, 1.54) is 10.7 Å². The monoisotopic (exact) mass is 389 g/mol. The summed E-state index contributed by atoms with van der Waals surface area (Å²) < 4.78 is 1.27. The minimum absolute atomic E-state index is 0.0872. The van der Waals surface area contributed by atoms with Gasteiger partial charge in [-0.05, 0) is 50.1 Å². The van der Waals surface area contributed by atoms with Gasteiger partial charge >= 0.3 is 0 Å². The number of rotatable bonds is 7. The van der Waals surface area contributed by atoms with Crippen molar-refractivity contribution >= 4 is 11.6 Å². The van der Waals surface area contributed by atoms with Crippen LogP contribution in [0.5, 0.6) is 0 Å². The third kappa shape index (κ3) is 4.99. The molecule has 0 aliphatic rings. The minimum atomic E-state index is -0.282. The van der Waals surface area contributed by atoms with E-state index in [2.05, 4.69) is 12.0 Å². The van der Waals surface area contributed by atoms with Crippen molar-refractivity contribution in [3.63, 3.8) is 0 Å². The molecule has 0 aliphatic heterocycles. The zero-order valence-electron chi connectivity index (χ0n) is 17.3. The Morgan fingerprint density at radius 2 is 1.79 bits per heavy atom. The summed E-state index contributed by atoms with van der Waals surface area (Å²) >= 11 is 0. The lowest BCUT2D eigenvalue weighted by Gasteiger charge is -2.23. The van der Waals surface area contributed by atoms with Gasteiger partial charge in [0, 0.05) is 23.9 Å². The highest BCUT2D eigenvalue weighted by atomic mass is 16.2. The topological polar surface area (TPSA) is 55.2 Å². The number of nitrogens with zero attached hydrogens (tertiary/aromatic N) is 3. The van der Waals surface area contributed by atoms with Gasteiger partial charge in [-0.25, -0.2) is 4.68 Å². The number of carbonyl (C=O) groups excluding carboxylic acids is 1. The summed E-state index contributed by atoms with van der Waals surface area (Å²) in [6.45, 7) is 6.65. The van der Waals surface area contributed by atoms with Crippen molar-refractivity contribution in [3.8, 4) is 11.3 Å². The van der Waals surface area contributed by atoms with Gasteiger partial charge in [0.25, 0.3) is 5.56 Å². The molecule has 2 aromatic carbocycles. The SMILES string of the molecule is CCCCN(C(=O)Cn1nc(-c2cc(C)ccc2C)ccc1=O)c1ccccc1. The maximum atomic E-state index is 13.1.